The Labute approximate surface area is 106 Å². The minimum atomic E-state index is -0.801. The number of rotatable bonds is 5. The molecule has 0 bridgehead atoms. The molecule has 0 saturated carbocycles. The van der Waals surface area contributed by atoms with Gasteiger partial charge >= 0.3 is 5.69 Å². The topological polar surface area (TPSA) is 118 Å². The minimum absolute atomic E-state index is 0.0980. The monoisotopic (exact) mass is 270 g/mol. The van der Waals surface area contributed by atoms with Gasteiger partial charge in [0, 0.05) is 0 Å². The van der Waals surface area contributed by atoms with Gasteiger partial charge in [-0.1, -0.05) is 0 Å². The average Bonchev–Trinajstić information content (AvgIpc) is 2.76. The summed E-state index contributed by atoms with van der Waals surface area (Å²) in [5.74, 6) is 0.487. The number of ether oxygens (including phenoxy) is 1. The van der Waals surface area contributed by atoms with Gasteiger partial charge in [0.2, 0.25) is 5.71 Å². The third-order valence-electron chi connectivity index (χ3n) is 2.64. The smallest absolute Gasteiger partial charge is 0.333 e. The molecule has 0 spiro atoms. The maximum Gasteiger partial charge on any atom is 0.333 e. The highest BCUT2D eigenvalue weighted by molar-refractivity contribution is 5.72. The summed E-state index contributed by atoms with van der Waals surface area (Å²) in [6.45, 7) is 0.647. The predicted molar refractivity (Wildman–Crippen MR) is 64.9 cm³/mol. The second-order valence-electron chi connectivity index (χ2n) is 4.05. The van der Waals surface area contributed by atoms with Crippen LogP contribution >= 0.6 is 0 Å². The zero-order valence-electron chi connectivity index (χ0n) is 10.3. The van der Waals surface area contributed by atoms with Gasteiger partial charge in [-0.25, -0.2) is 9.36 Å². The molecule has 0 aliphatic rings. The number of H-pyrrole nitrogens is 1. The molecule has 0 radical (unpaired) electrons. The van der Waals surface area contributed by atoms with Crippen molar-refractivity contribution in [3.8, 4) is 0 Å². The van der Waals surface area contributed by atoms with Crippen LogP contribution in [0.4, 0.5) is 0 Å². The second-order valence-corrected chi connectivity index (χ2v) is 4.05. The van der Waals surface area contributed by atoms with Crippen LogP contribution < -0.4 is 11.2 Å². The Bertz CT molecular complexity index is 679. The van der Waals surface area contributed by atoms with Gasteiger partial charge in [0.1, 0.15) is 24.0 Å². The summed E-state index contributed by atoms with van der Waals surface area (Å²) in [7, 11) is 0. The molecule has 19 heavy (non-hydrogen) atoms. The maximum absolute atomic E-state index is 11.7. The van der Waals surface area contributed by atoms with Crippen molar-refractivity contribution in [2.45, 2.75) is 19.8 Å². The van der Waals surface area contributed by atoms with Crippen molar-refractivity contribution in [3.05, 3.63) is 32.7 Å². The van der Waals surface area contributed by atoms with Crippen molar-refractivity contribution in [1.29, 1.82) is 0 Å². The van der Waals surface area contributed by atoms with Crippen LogP contribution in [-0.4, -0.2) is 39.1 Å². The van der Waals surface area contributed by atoms with Crippen molar-refractivity contribution in [2.75, 3.05) is 13.2 Å². The van der Waals surface area contributed by atoms with Crippen molar-refractivity contribution < 1.29 is 19.4 Å². The SMILES string of the molecule is Cc1cc2c(=O)[nH]c(=O)n(COC(CO)CO)c2o1. The van der Waals surface area contributed by atoms with Gasteiger partial charge in [-0.3, -0.25) is 9.78 Å². The van der Waals surface area contributed by atoms with E-state index in [0.29, 0.717) is 5.76 Å². The third-order valence-corrected chi connectivity index (χ3v) is 2.64. The highest BCUT2D eigenvalue weighted by atomic mass is 16.5. The van der Waals surface area contributed by atoms with E-state index in [0.717, 1.165) is 4.57 Å². The van der Waals surface area contributed by atoms with Crippen LogP contribution in [0.1, 0.15) is 5.76 Å². The van der Waals surface area contributed by atoms with E-state index in [4.69, 9.17) is 19.4 Å². The predicted octanol–water partition coefficient (Wildman–Crippen LogP) is -1.08. The van der Waals surface area contributed by atoms with E-state index in [1.54, 1.807) is 6.92 Å². The first-order chi connectivity index (χ1) is 9.06. The van der Waals surface area contributed by atoms with Gasteiger partial charge in [0.15, 0.2) is 0 Å². The number of hydrogen-bond acceptors (Lipinski definition) is 6. The summed E-state index contributed by atoms with van der Waals surface area (Å²) in [4.78, 5) is 25.4. The fourth-order valence-electron chi connectivity index (χ4n) is 1.65. The number of aliphatic hydroxyl groups excluding tert-OH is 2. The number of hydrogen-bond donors (Lipinski definition) is 3. The summed E-state index contributed by atoms with van der Waals surface area (Å²) < 4.78 is 11.5. The first-order valence-electron chi connectivity index (χ1n) is 5.63. The molecule has 2 heterocycles. The van der Waals surface area contributed by atoms with Crippen LogP contribution in [0.5, 0.6) is 0 Å². The van der Waals surface area contributed by atoms with Crippen molar-refractivity contribution in [3.63, 3.8) is 0 Å². The Morgan fingerprint density at radius 3 is 2.74 bits per heavy atom. The number of nitrogens with one attached hydrogen (secondary N) is 1. The van der Waals surface area contributed by atoms with Gasteiger partial charge in [-0.15, -0.1) is 0 Å². The molecule has 2 aromatic rings. The normalized spacial score (nSPS) is 11.6. The summed E-state index contributed by atoms with van der Waals surface area (Å²) in [5, 5.41) is 18.0. The molecular weight excluding hydrogens is 256 g/mol. The molecule has 0 saturated heterocycles. The van der Waals surface area contributed by atoms with Gasteiger partial charge in [-0.05, 0) is 13.0 Å². The van der Waals surface area contributed by atoms with Crippen LogP contribution in [0.2, 0.25) is 0 Å². The zero-order chi connectivity index (χ0) is 14.0. The van der Waals surface area contributed by atoms with Gasteiger partial charge < -0.3 is 19.4 Å². The van der Waals surface area contributed by atoms with E-state index in [2.05, 4.69) is 4.98 Å². The molecular formula is C11H14N2O6. The molecule has 0 aromatic carbocycles. The molecule has 0 atom stereocenters. The summed E-state index contributed by atoms with van der Waals surface area (Å²) in [6, 6.07) is 1.51. The van der Waals surface area contributed by atoms with Crippen molar-refractivity contribution in [1.82, 2.24) is 9.55 Å². The van der Waals surface area contributed by atoms with Crippen LogP contribution in [0.3, 0.4) is 0 Å². The number of fused-ring (bicyclic) bond motifs is 1. The van der Waals surface area contributed by atoms with E-state index in [1.165, 1.54) is 6.07 Å². The Hall–Kier alpha value is -1.90. The standard InChI is InChI=1S/C11H14N2O6/c1-6-2-8-9(16)12-11(17)13(10(8)19-6)5-18-7(3-14)4-15/h2,7,14-15H,3-5H2,1H3,(H,12,16,17). The Morgan fingerprint density at radius 2 is 2.11 bits per heavy atom. The first kappa shape index (κ1) is 13.5. The summed E-state index contributed by atoms with van der Waals surface area (Å²) in [5.41, 5.74) is -1.11. The third kappa shape index (κ3) is 2.60. The Morgan fingerprint density at radius 1 is 1.42 bits per heavy atom. The van der Waals surface area contributed by atoms with E-state index >= 15 is 0 Å². The van der Waals surface area contributed by atoms with Crippen molar-refractivity contribution >= 4 is 11.1 Å². The van der Waals surface area contributed by atoms with Crippen molar-refractivity contribution in [2.24, 2.45) is 0 Å². The molecule has 0 aliphatic heterocycles. The lowest BCUT2D eigenvalue weighted by Gasteiger charge is -2.13. The lowest BCUT2D eigenvalue weighted by atomic mass is 10.4. The van der Waals surface area contributed by atoms with Gasteiger partial charge in [-0.2, -0.15) is 0 Å². The molecule has 0 aliphatic carbocycles. The molecule has 2 rings (SSSR count). The number of aromatic nitrogens is 2. The zero-order valence-corrected chi connectivity index (χ0v) is 10.3. The van der Waals surface area contributed by atoms with Crippen LogP contribution in [0.25, 0.3) is 11.1 Å². The number of nitrogens with zero attached hydrogens (tertiary/aromatic N) is 1. The molecule has 2 aromatic heterocycles. The fraction of sp³-hybridized carbons (Fsp3) is 0.455. The quantitative estimate of drug-likeness (QED) is 0.636. The number of aliphatic hydroxyl groups is 2. The Kier molecular flexibility index (Phi) is 3.84. The van der Waals surface area contributed by atoms with Crippen LogP contribution in [0, 0.1) is 6.92 Å². The number of aryl methyl sites for hydroxylation is 1. The minimum Gasteiger partial charge on any atom is -0.444 e. The van der Waals surface area contributed by atoms with Crippen LogP contribution in [-0.2, 0) is 11.5 Å². The lowest BCUT2D eigenvalue weighted by Crippen LogP contribution is -2.33. The largest absolute Gasteiger partial charge is 0.444 e. The van der Waals surface area contributed by atoms with E-state index in [-0.39, 0.29) is 31.0 Å². The molecule has 0 unspecified atom stereocenters. The molecule has 0 fully saturated rings. The van der Waals surface area contributed by atoms with E-state index in [1.807, 2.05) is 0 Å². The summed E-state index contributed by atoms with van der Waals surface area (Å²) >= 11 is 0. The molecule has 104 valence electrons. The molecule has 8 heteroatoms. The average molecular weight is 270 g/mol. The number of aromatic amines is 1. The van der Waals surface area contributed by atoms with Gasteiger partial charge in [0.05, 0.1) is 13.2 Å². The van der Waals surface area contributed by atoms with E-state index in [9.17, 15) is 9.59 Å². The Balaban J connectivity index is 2.42. The van der Waals surface area contributed by atoms with E-state index < -0.39 is 17.4 Å². The van der Waals surface area contributed by atoms with Crippen LogP contribution in [0.15, 0.2) is 20.1 Å². The number of furan rings is 1. The molecule has 0 amide bonds. The lowest BCUT2D eigenvalue weighted by molar-refractivity contribution is -0.0506. The second kappa shape index (κ2) is 5.39. The summed E-state index contributed by atoms with van der Waals surface area (Å²) in [6.07, 6.45) is -0.801. The maximum atomic E-state index is 11.7. The highest BCUT2D eigenvalue weighted by Crippen LogP contribution is 2.13. The first-order valence-corrected chi connectivity index (χ1v) is 5.63. The molecule has 3 N–H and O–H groups in total. The molecule has 8 nitrogen and oxygen atoms in total. The van der Waals surface area contributed by atoms with Gasteiger partial charge in [0.25, 0.3) is 5.56 Å². The fourth-order valence-corrected chi connectivity index (χ4v) is 1.65. The highest BCUT2D eigenvalue weighted by Gasteiger charge is 2.14.